The van der Waals surface area contributed by atoms with Gasteiger partial charge in [-0.2, -0.15) is 0 Å². The van der Waals surface area contributed by atoms with Gasteiger partial charge in [0.1, 0.15) is 18.1 Å². The molecule has 25 heavy (non-hydrogen) atoms. The van der Waals surface area contributed by atoms with Gasteiger partial charge in [0.25, 0.3) is 0 Å². The number of nitrogens with two attached hydrogens (primary N) is 3. The smallest absolute Gasteiger partial charge is 0.326 e. The molecule has 0 aromatic carbocycles. The molecule has 11 nitrogen and oxygen atoms in total. The Morgan fingerprint density at radius 2 is 1.60 bits per heavy atom. The number of rotatable bonds is 12. The third-order valence-corrected chi connectivity index (χ3v) is 3.42. The van der Waals surface area contributed by atoms with Crippen LogP contribution in [0.2, 0.25) is 0 Å². The van der Waals surface area contributed by atoms with Gasteiger partial charge in [-0.3, -0.25) is 14.4 Å². The number of hydrogen-bond donors (Lipinski definition) is 7. The summed E-state index contributed by atoms with van der Waals surface area (Å²) >= 11 is 0. The topological polar surface area (TPSA) is 211 Å². The van der Waals surface area contributed by atoms with Crippen LogP contribution in [-0.2, 0) is 19.2 Å². The lowest BCUT2D eigenvalue weighted by molar-refractivity contribution is -0.143. The van der Waals surface area contributed by atoms with Crippen molar-refractivity contribution in [1.29, 1.82) is 0 Å². The van der Waals surface area contributed by atoms with Gasteiger partial charge in [0, 0.05) is 0 Å². The summed E-state index contributed by atoms with van der Waals surface area (Å²) in [5, 5.41) is 22.9. The molecule has 0 bridgehead atoms. The Labute approximate surface area is 145 Å². The quantitative estimate of drug-likeness (QED) is 0.175. The molecule has 3 amide bonds. The standard InChI is InChI=1S/C14H27N5O6/c1-7(20)11(17)13(23)18-8(4-2-3-5-15)12(22)19-9(14(24)25)6-10(16)21/h7-9,11,20H,2-6,15,17H2,1H3,(H2,16,21)(H,18,23)(H,19,22)(H,24,25)/t7-,8+,9+,11+/m1/s1. The molecule has 144 valence electrons. The number of carbonyl (C=O) groups excluding carboxylic acids is 3. The van der Waals surface area contributed by atoms with Gasteiger partial charge in [0.2, 0.25) is 17.7 Å². The first-order valence-corrected chi connectivity index (χ1v) is 7.85. The summed E-state index contributed by atoms with van der Waals surface area (Å²) in [6.45, 7) is 1.70. The minimum atomic E-state index is -1.51. The first kappa shape index (κ1) is 22.8. The molecule has 0 saturated heterocycles. The van der Waals surface area contributed by atoms with Crippen LogP contribution in [0.1, 0.15) is 32.6 Å². The first-order valence-electron chi connectivity index (χ1n) is 7.85. The number of carboxylic acids is 1. The highest BCUT2D eigenvalue weighted by atomic mass is 16.4. The summed E-state index contributed by atoms with van der Waals surface area (Å²) in [7, 11) is 0. The van der Waals surface area contributed by atoms with Crippen molar-refractivity contribution in [2.45, 2.75) is 56.8 Å². The van der Waals surface area contributed by atoms with E-state index in [9.17, 15) is 24.3 Å². The van der Waals surface area contributed by atoms with E-state index in [0.29, 0.717) is 19.4 Å². The number of primary amides is 1. The Kier molecular flexibility index (Phi) is 10.3. The zero-order valence-corrected chi connectivity index (χ0v) is 14.1. The van der Waals surface area contributed by atoms with Gasteiger partial charge in [0.05, 0.1) is 12.5 Å². The number of aliphatic hydroxyl groups is 1. The highest BCUT2D eigenvalue weighted by molar-refractivity contribution is 5.93. The molecule has 0 unspecified atom stereocenters. The summed E-state index contributed by atoms with van der Waals surface area (Å²) in [6.07, 6.45) is -0.450. The molecule has 0 spiro atoms. The second-order valence-electron chi connectivity index (χ2n) is 5.68. The molecule has 0 aliphatic rings. The van der Waals surface area contributed by atoms with Gasteiger partial charge in [-0.25, -0.2) is 4.79 Å². The van der Waals surface area contributed by atoms with E-state index in [0.717, 1.165) is 0 Å². The van der Waals surface area contributed by atoms with Crippen molar-refractivity contribution >= 4 is 23.7 Å². The minimum Gasteiger partial charge on any atom is -0.480 e. The Bertz CT molecular complexity index is 484. The molecule has 0 aromatic heterocycles. The fourth-order valence-electron chi connectivity index (χ4n) is 1.92. The molecular formula is C14H27N5O6. The molecule has 11 heteroatoms. The second kappa shape index (κ2) is 11.3. The lowest BCUT2D eigenvalue weighted by Crippen LogP contribution is -2.56. The van der Waals surface area contributed by atoms with Gasteiger partial charge in [-0.1, -0.05) is 0 Å². The largest absolute Gasteiger partial charge is 0.480 e. The van der Waals surface area contributed by atoms with Gasteiger partial charge in [0.15, 0.2) is 0 Å². The number of carbonyl (C=O) groups is 4. The predicted octanol–water partition coefficient (Wildman–Crippen LogP) is -3.25. The Morgan fingerprint density at radius 1 is 1.04 bits per heavy atom. The lowest BCUT2D eigenvalue weighted by atomic mass is 10.1. The fraction of sp³-hybridized carbons (Fsp3) is 0.714. The molecule has 0 aliphatic heterocycles. The average Bonchev–Trinajstić information content (AvgIpc) is 2.51. The van der Waals surface area contributed by atoms with E-state index in [-0.39, 0.29) is 6.42 Å². The molecule has 0 heterocycles. The van der Waals surface area contributed by atoms with Crippen LogP contribution in [0.15, 0.2) is 0 Å². The van der Waals surface area contributed by atoms with Crippen LogP contribution in [0, 0.1) is 0 Å². The molecule has 0 radical (unpaired) electrons. The second-order valence-corrected chi connectivity index (χ2v) is 5.68. The Balaban J connectivity index is 5.04. The third-order valence-electron chi connectivity index (χ3n) is 3.42. The van der Waals surface area contributed by atoms with Crippen molar-refractivity contribution in [1.82, 2.24) is 10.6 Å². The van der Waals surface area contributed by atoms with Crippen LogP contribution >= 0.6 is 0 Å². The number of hydrogen-bond acceptors (Lipinski definition) is 7. The van der Waals surface area contributed by atoms with Crippen molar-refractivity contribution in [3.8, 4) is 0 Å². The number of unbranched alkanes of at least 4 members (excludes halogenated alkanes) is 1. The molecule has 0 fully saturated rings. The lowest BCUT2D eigenvalue weighted by Gasteiger charge is -2.23. The van der Waals surface area contributed by atoms with Crippen LogP contribution in [0.5, 0.6) is 0 Å². The number of aliphatic carboxylic acids is 1. The molecular weight excluding hydrogens is 334 g/mol. The zero-order chi connectivity index (χ0) is 19.6. The van der Waals surface area contributed by atoms with E-state index >= 15 is 0 Å². The molecule has 10 N–H and O–H groups in total. The highest BCUT2D eigenvalue weighted by Gasteiger charge is 2.29. The maximum Gasteiger partial charge on any atom is 0.326 e. The fourth-order valence-corrected chi connectivity index (χ4v) is 1.92. The number of amides is 3. The van der Waals surface area contributed by atoms with E-state index in [1.165, 1.54) is 6.92 Å². The van der Waals surface area contributed by atoms with Crippen LogP contribution < -0.4 is 27.8 Å². The Morgan fingerprint density at radius 3 is 2.04 bits per heavy atom. The molecule has 0 saturated carbocycles. The maximum atomic E-state index is 12.3. The molecule has 4 atom stereocenters. The summed E-state index contributed by atoms with van der Waals surface area (Å²) in [6, 6.07) is -3.84. The molecule has 0 aromatic rings. The van der Waals surface area contributed by atoms with Crippen molar-refractivity contribution in [2.24, 2.45) is 17.2 Å². The van der Waals surface area contributed by atoms with Gasteiger partial charge in [-0.15, -0.1) is 0 Å². The van der Waals surface area contributed by atoms with E-state index in [1.54, 1.807) is 0 Å². The van der Waals surface area contributed by atoms with Crippen LogP contribution in [0.25, 0.3) is 0 Å². The number of carboxylic acid groups (broad SMARTS) is 1. The van der Waals surface area contributed by atoms with Crippen molar-refractivity contribution in [3.63, 3.8) is 0 Å². The maximum absolute atomic E-state index is 12.3. The van der Waals surface area contributed by atoms with E-state index in [4.69, 9.17) is 22.3 Å². The van der Waals surface area contributed by atoms with Crippen LogP contribution in [-0.4, -0.2) is 64.7 Å². The monoisotopic (exact) mass is 361 g/mol. The summed E-state index contributed by atoms with van der Waals surface area (Å²) in [5.74, 6) is -3.88. The van der Waals surface area contributed by atoms with E-state index in [2.05, 4.69) is 10.6 Å². The first-order chi connectivity index (χ1) is 11.6. The summed E-state index contributed by atoms with van der Waals surface area (Å²) in [5.41, 5.74) is 15.8. The predicted molar refractivity (Wildman–Crippen MR) is 87.9 cm³/mol. The normalized spacial score (nSPS) is 15.5. The van der Waals surface area contributed by atoms with Crippen molar-refractivity contribution in [3.05, 3.63) is 0 Å². The highest BCUT2D eigenvalue weighted by Crippen LogP contribution is 2.04. The average molecular weight is 361 g/mol. The van der Waals surface area contributed by atoms with E-state index < -0.39 is 54.3 Å². The van der Waals surface area contributed by atoms with Crippen LogP contribution in [0.3, 0.4) is 0 Å². The number of aliphatic hydroxyl groups excluding tert-OH is 1. The minimum absolute atomic E-state index is 0.185. The van der Waals surface area contributed by atoms with Crippen molar-refractivity contribution in [2.75, 3.05) is 6.54 Å². The molecule has 0 rings (SSSR count). The van der Waals surface area contributed by atoms with Gasteiger partial charge >= 0.3 is 5.97 Å². The molecule has 0 aliphatic carbocycles. The number of nitrogens with one attached hydrogen (secondary N) is 2. The SMILES string of the molecule is C[C@@H](O)[C@H](N)C(=O)N[C@@H](CCCCN)C(=O)N[C@@H](CC(N)=O)C(=O)O. The van der Waals surface area contributed by atoms with Crippen LogP contribution in [0.4, 0.5) is 0 Å². The summed E-state index contributed by atoms with van der Waals surface area (Å²) in [4.78, 5) is 46.2. The van der Waals surface area contributed by atoms with E-state index in [1.807, 2.05) is 0 Å². The summed E-state index contributed by atoms with van der Waals surface area (Å²) < 4.78 is 0. The zero-order valence-electron chi connectivity index (χ0n) is 14.1. The van der Waals surface area contributed by atoms with Gasteiger partial charge < -0.3 is 38.0 Å². The third kappa shape index (κ3) is 8.98. The van der Waals surface area contributed by atoms with Crippen molar-refractivity contribution < 1.29 is 29.4 Å². The van der Waals surface area contributed by atoms with Gasteiger partial charge in [-0.05, 0) is 32.7 Å². The Hall–Kier alpha value is -2.24.